The number of benzene rings is 4. The van der Waals surface area contributed by atoms with E-state index in [1.54, 1.807) is 6.07 Å². The van der Waals surface area contributed by atoms with Gasteiger partial charge in [-0.2, -0.15) is 0 Å². The van der Waals surface area contributed by atoms with E-state index in [1.807, 2.05) is 0 Å². The minimum absolute atomic E-state index is 0. The van der Waals surface area contributed by atoms with Crippen LogP contribution < -0.4 is 21.1 Å². The Balaban J connectivity index is 0.00000504. The first-order valence-electron chi connectivity index (χ1n) is 15.0. The quantitative estimate of drug-likeness (QED) is 0.0786. The van der Waals surface area contributed by atoms with Crippen LogP contribution in [-0.2, 0) is 9.59 Å². The number of hydrogen-bond donors (Lipinski definition) is 5. The Hall–Kier alpha value is -5.55. The summed E-state index contributed by atoms with van der Waals surface area (Å²) in [6.45, 7) is 0.0908. The largest absolute Gasteiger partial charge is 0.507 e. The molecule has 4 aromatic carbocycles. The first-order valence-corrected chi connectivity index (χ1v) is 15.0. The van der Waals surface area contributed by atoms with Crippen molar-refractivity contribution in [2.75, 3.05) is 23.7 Å². The summed E-state index contributed by atoms with van der Waals surface area (Å²) in [6, 6.07) is 11.6. The van der Waals surface area contributed by atoms with Gasteiger partial charge in [0.2, 0.25) is 17.6 Å². The molecule has 6 rings (SSSR count). The summed E-state index contributed by atoms with van der Waals surface area (Å²) in [4.78, 5) is 51.9. The van der Waals surface area contributed by atoms with Crippen LogP contribution in [0.5, 0.6) is 17.2 Å². The number of halogens is 6. The second-order valence-corrected chi connectivity index (χ2v) is 11.4. The molecule has 2 atom stereocenters. The van der Waals surface area contributed by atoms with E-state index in [9.17, 15) is 51.3 Å². The van der Waals surface area contributed by atoms with Crippen molar-refractivity contribution in [3.63, 3.8) is 0 Å². The number of carbonyl (C=O) groups excluding carboxylic acids is 3. The van der Waals surface area contributed by atoms with Crippen molar-refractivity contribution in [2.24, 2.45) is 5.73 Å². The van der Waals surface area contributed by atoms with Crippen LogP contribution in [0.4, 0.5) is 33.3 Å². The maximum Gasteiger partial charge on any atom is 0.339 e. The van der Waals surface area contributed by atoms with E-state index in [2.05, 4.69) is 10.6 Å². The van der Waals surface area contributed by atoms with Gasteiger partial charge in [-0.25, -0.2) is 26.7 Å². The molecule has 1 unspecified atom stereocenters. The van der Waals surface area contributed by atoms with Crippen molar-refractivity contribution in [3.05, 3.63) is 112 Å². The highest BCUT2D eigenvalue weighted by molar-refractivity contribution is 8.93. The zero-order valence-corrected chi connectivity index (χ0v) is 27.7. The van der Waals surface area contributed by atoms with E-state index in [1.165, 1.54) is 53.4 Å². The highest BCUT2D eigenvalue weighted by Gasteiger charge is 2.36. The van der Waals surface area contributed by atoms with E-state index in [0.717, 1.165) is 0 Å². The molecule has 0 bridgehead atoms. The molecule has 51 heavy (non-hydrogen) atoms. The number of carboxylic acid groups (broad SMARTS) is 1. The number of likely N-dealkylation sites (tertiary alicyclic amines) is 1. The molecule has 2 heterocycles. The molecule has 266 valence electrons. The van der Waals surface area contributed by atoms with Gasteiger partial charge in [-0.15, -0.1) is 17.0 Å². The third-order valence-electron chi connectivity index (χ3n) is 8.48. The number of carboxylic acids is 1. The van der Waals surface area contributed by atoms with Crippen molar-refractivity contribution in [1.29, 1.82) is 0 Å². The lowest BCUT2D eigenvalue weighted by Gasteiger charge is -2.30. The maximum absolute atomic E-state index is 14.3. The molecule has 11 nitrogen and oxygen atoms in total. The van der Waals surface area contributed by atoms with Crippen LogP contribution in [0.15, 0.2) is 54.6 Å². The Morgan fingerprint density at radius 2 is 1.37 bits per heavy atom. The summed E-state index contributed by atoms with van der Waals surface area (Å²) < 4.78 is 75.9. The number of amides is 3. The molecular weight excluding hydrogens is 751 g/mol. The van der Waals surface area contributed by atoms with Gasteiger partial charge in [0.25, 0.3) is 5.91 Å². The third kappa shape index (κ3) is 6.57. The van der Waals surface area contributed by atoms with E-state index >= 15 is 0 Å². The fourth-order valence-corrected chi connectivity index (χ4v) is 6.21. The minimum Gasteiger partial charge on any atom is -0.507 e. The first-order chi connectivity index (χ1) is 23.8. The molecule has 0 saturated carbocycles. The average molecular weight is 777 g/mol. The average Bonchev–Trinajstić information content (AvgIpc) is 3.59. The number of rotatable bonds is 7. The molecule has 1 fully saturated rings. The number of ether oxygens (including phenoxy) is 1. The lowest BCUT2D eigenvalue weighted by atomic mass is 9.80. The number of phenols is 1. The highest BCUT2D eigenvalue weighted by atomic mass is 79.9. The van der Waals surface area contributed by atoms with Crippen LogP contribution in [0.25, 0.3) is 0 Å². The van der Waals surface area contributed by atoms with E-state index < -0.39 is 75.7 Å². The second kappa shape index (κ2) is 14.4. The van der Waals surface area contributed by atoms with Gasteiger partial charge in [-0.05, 0) is 36.6 Å². The molecule has 2 aliphatic heterocycles. The van der Waals surface area contributed by atoms with Gasteiger partial charge in [0.15, 0.2) is 23.3 Å². The molecule has 2 aliphatic rings. The predicted octanol–water partition coefficient (Wildman–Crippen LogP) is 5.79. The van der Waals surface area contributed by atoms with Gasteiger partial charge in [0.1, 0.15) is 34.4 Å². The van der Waals surface area contributed by atoms with Gasteiger partial charge < -0.3 is 36.2 Å². The number of nitrogens with zero attached hydrogens (tertiary/aromatic N) is 1. The lowest BCUT2D eigenvalue weighted by molar-refractivity contribution is -0.135. The number of aromatic carboxylic acids is 1. The van der Waals surface area contributed by atoms with Crippen molar-refractivity contribution in [2.45, 2.75) is 24.8 Å². The number of carbonyl (C=O) groups is 4. The van der Waals surface area contributed by atoms with Crippen molar-refractivity contribution < 1.29 is 56.1 Å². The number of nitrogens with two attached hydrogens (primary N) is 1. The van der Waals surface area contributed by atoms with Gasteiger partial charge in [-0.3, -0.25) is 14.4 Å². The SMILES string of the molecule is Br.NCC(=O)N1CCC[C@H]1C(=O)Nc1ccc2c(c1)Oc1cc(NC(=O)c3c(F)c(F)c(F)c(F)c3F)ccc1C2c1cccc(O)c1C(=O)O. The lowest BCUT2D eigenvalue weighted by Crippen LogP contribution is -2.45. The number of nitrogens with one attached hydrogen (secondary N) is 2. The molecule has 0 radical (unpaired) electrons. The molecule has 0 aromatic heterocycles. The van der Waals surface area contributed by atoms with E-state index in [-0.39, 0.29) is 57.9 Å². The van der Waals surface area contributed by atoms with E-state index in [4.69, 9.17) is 10.5 Å². The molecule has 6 N–H and O–H groups in total. The van der Waals surface area contributed by atoms with E-state index in [0.29, 0.717) is 30.5 Å². The molecule has 0 aliphatic carbocycles. The van der Waals surface area contributed by atoms with Crippen LogP contribution >= 0.6 is 17.0 Å². The number of hydrogen-bond acceptors (Lipinski definition) is 7. The van der Waals surface area contributed by atoms with Gasteiger partial charge in [0.05, 0.1) is 6.54 Å². The Kier molecular flexibility index (Phi) is 10.3. The third-order valence-corrected chi connectivity index (χ3v) is 8.48. The summed E-state index contributed by atoms with van der Waals surface area (Å²) in [5, 5.41) is 25.3. The Morgan fingerprint density at radius 1 is 0.804 bits per heavy atom. The molecule has 3 amide bonds. The highest BCUT2D eigenvalue weighted by Crippen LogP contribution is 2.50. The summed E-state index contributed by atoms with van der Waals surface area (Å²) in [5.41, 5.74) is 4.19. The maximum atomic E-state index is 14.3. The fourth-order valence-electron chi connectivity index (χ4n) is 6.21. The van der Waals surface area contributed by atoms with Crippen molar-refractivity contribution >= 4 is 52.0 Å². The summed E-state index contributed by atoms with van der Waals surface area (Å²) in [6.07, 6.45) is 0.998. The Labute approximate surface area is 295 Å². The molecule has 4 aromatic rings. The number of anilines is 2. The molecule has 17 heteroatoms. The first kappa shape index (κ1) is 36.7. The van der Waals surface area contributed by atoms with Crippen molar-refractivity contribution in [1.82, 2.24) is 4.90 Å². The standard InChI is InChI=1S/C34H25F5N4O7.BrH/c35-27-26(28(36)30(38)31(39)29(27)37)33(47)42-15-7-9-17-22(12-15)50-21-11-14(41-32(46)19-4-2-10-43(19)23(45)13-40)6-8-16(21)24(17)18-3-1-5-20(44)25(18)34(48)49;/h1,3,5-9,11-12,19,24,44H,2,4,10,13,40H2,(H,41,46)(H,42,47)(H,48,49);1H/t19-,24?;/m0./s1. The number of fused-ring (bicyclic) bond motifs is 2. The van der Waals surface area contributed by atoms with Crippen LogP contribution in [0, 0.1) is 29.1 Å². The topological polar surface area (TPSA) is 171 Å². The Bertz CT molecular complexity index is 2090. The minimum atomic E-state index is -2.43. The normalized spacial score (nSPS) is 15.9. The zero-order chi connectivity index (χ0) is 36.0. The summed E-state index contributed by atoms with van der Waals surface area (Å²) in [5.74, 6) is -17.1. The smallest absolute Gasteiger partial charge is 0.339 e. The van der Waals surface area contributed by atoms with Gasteiger partial charge in [-0.1, -0.05) is 24.3 Å². The molecule has 1 saturated heterocycles. The second-order valence-electron chi connectivity index (χ2n) is 11.4. The van der Waals surface area contributed by atoms with Crippen LogP contribution in [-0.4, -0.2) is 57.9 Å². The monoisotopic (exact) mass is 776 g/mol. The molecule has 0 spiro atoms. The van der Waals surface area contributed by atoms with Crippen LogP contribution in [0.3, 0.4) is 0 Å². The predicted molar refractivity (Wildman–Crippen MR) is 176 cm³/mol. The van der Waals surface area contributed by atoms with Gasteiger partial charge in [0, 0.05) is 47.1 Å². The Morgan fingerprint density at radius 3 is 1.94 bits per heavy atom. The summed E-state index contributed by atoms with van der Waals surface area (Å²) >= 11 is 0. The van der Waals surface area contributed by atoms with Crippen LogP contribution in [0.2, 0.25) is 0 Å². The summed E-state index contributed by atoms with van der Waals surface area (Å²) in [7, 11) is 0. The fraction of sp³-hybridized carbons (Fsp3) is 0.176. The molecular formula is C34H26BrF5N4O7. The number of aromatic hydroxyl groups is 1. The van der Waals surface area contributed by atoms with Gasteiger partial charge >= 0.3 is 5.97 Å². The van der Waals surface area contributed by atoms with Crippen LogP contribution in [0.1, 0.15) is 56.2 Å². The zero-order valence-electron chi connectivity index (χ0n) is 25.9. The van der Waals surface area contributed by atoms with Crippen molar-refractivity contribution in [3.8, 4) is 17.2 Å².